The van der Waals surface area contributed by atoms with Crippen LogP contribution < -0.4 is 16.0 Å². The Kier molecular flexibility index (Phi) is 5.35. The summed E-state index contributed by atoms with van der Waals surface area (Å²) in [6.45, 7) is 3.62. The molecule has 3 N–H and O–H groups in total. The Hall–Kier alpha value is -1.59. The topological polar surface area (TPSA) is 87.3 Å². The highest BCUT2D eigenvalue weighted by Gasteiger charge is 2.51. The van der Waals surface area contributed by atoms with Gasteiger partial charge in [0.25, 0.3) is 0 Å². The third-order valence-corrected chi connectivity index (χ3v) is 6.04. The first-order chi connectivity index (χ1) is 11.8. The molecule has 0 unspecified atom stereocenters. The molecule has 3 amide bonds. The lowest BCUT2D eigenvalue weighted by Crippen LogP contribution is -2.49. The van der Waals surface area contributed by atoms with Crippen LogP contribution in [-0.4, -0.2) is 36.9 Å². The fraction of sp³-hybridized carbons (Fsp3) is 0.842. The van der Waals surface area contributed by atoms with Crippen molar-refractivity contribution in [1.82, 2.24) is 16.0 Å². The number of carbonyl (C=O) groups excluding carboxylic acids is 3. The molecule has 6 nitrogen and oxygen atoms in total. The van der Waals surface area contributed by atoms with Gasteiger partial charge in [-0.3, -0.25) is 14.4 Å². The third-order valence-electron chi connectivity index (χ3n) is 6.04. The highest BCUT2D eigenvalue weighted by atomic mass is 16.2. The predicted molar refractivity (Wildman–Crippen MR) is 94.5 cm³/mol. The van der Waals surface area contributed by atoms with Crippen LogP contribution in [0.15, 0.2) is 0 Å². The second-order valence-electron chi connectivity index (χ2n) is 8.87. The van der Waals surface area contributed by atoms with Gasteiger partial charge < -0.3 is 16.0 Å². The number of nitrogens with one attached hydrogen (secondary N) is 3. The van der Waals surface area contributed by atoms with Crippen LogP contribution in [-0.2, 0) is 14.4 Å². The van der Waals surface area contributed by atoms with Gasteiger partial charge in [0.1, 0.15) is 0 Å². The van der Waals surface area contributed by atoms with E-state index < -0.39 is 0 Å². The van der Waals surface area contributed by atoms with Gasteiger partial charge in [-0.05, 0) is 75.5 Å². The molecule has 0 spiro atoms. The van der Waals surface area contributed by atoms with Gasteiger partial charge >= 0.3 is 0 Å². The molecule has 0 saturated heterocycles. The van der Waals surface area contributed by atoms with Gasteiger partial charge in [-0.2, -0.15) is 0 Å². The number of hydrogen-bond acceptors (Lipinski definition) is 3. The summed E-state index contributed by atoms with van der Waals surface area (Å²) in [5.41, 5.74) is 0.187. The summed E-state index contributed by atoms with van der Waals surface area (Å²) in [7, 11) is 0. The van der Waals surface area contributed by atoms with Crippen LogP contribution >= 0.6 is 0 Å². The molecule has 0 aromatic heterocycles. The SMILES string of the molecule is CC(C)NC(=O)CNC(=O)CNC(=O)CC12CC3CC(CC(C3)C1)C2. The molecule has 0 heterocycles. The van der Waals surface area contributed by atoms with E-state index in [1.807, 2.05) is 13.8 Å². The van der Waals surface area contributed by atoms with E-state index in [1.165, 1.54) is 38.5 Å². The first-order valence-electron chi connectivity index (χ1n) is 9.66. The maximum absolute atomic E-state index is 12.3. The van der Waals surface area contributed by atoms with Crippen LogP contribution in [0.25, 0.3) is 0 Å². The lowest BCUT2D eigenvalue weighted by molar-refractivity contribution is -0.132. The van der Waals surface area contributed by atoms with E-state index in [2.05, 4.69) is 16.0 Å². The van der Waals surface area contributed by atoms with E-state index in [1.54, 1.807) is 0 Å². The molecule has 25 heavy (non-hydrogen) atoms. The molecule has 4 bridgehead atoms. The van der Waals surface area contributed by atoms with Crippen LogP contribution in [0.2, 0.25) is 0 Å². The summed E-state index contributed by atoms with van der Waals surface area (Å²) in [6, 6.07) is 0.0457. The standard InChI is InChI=1S/C19H31N3O3/c1-12(2)22-18(25)11-21-17(24)10-20-16(23)9-19-6-13-3-14(7-19)5-15(4-13)8-19/h12-15H,3-11H2,1-2H3,(H,20,23)(H,21,24)(H,22,25). The van der Waals surface area contributed by atoms with Crippen molar-refractivity contribution in [2.75, 3.05) is 13.1 Å². The minimum Gasteiger partial charge on any atom is -0.352 e. The highest BCUT2D eigenvalue weighted by Crippen LogP contribution is 2.61. The van der Waals surface area contributed by atoms with Gasteiger partial charge in [-0.25, -0.2) is 0 Å². The summed E-state index contributed by atoms with van der Waals surface area (Å²) in [5, 5.41) is 7.98. The van der Waals surface area contributed by atoms with Gasteiger partial charge in [0.2, 0.25) is 17.7 Å². The average molecular weight is 349 g/mol. The van der Waals surface area contributed by atoms with E-state index >= 15 is 0 Å². The molecule has 0 aromatic carbocycles. The molecule has 0 aromatic rings. The minimum atomic E-state index is -0.322. The molecule has 6 heteroatoms. The van der Waals surface area contributed by atoms with Crippen LogP contribution in [0.4, 0.5) is 0 Å². The molecular formula is C19H31N3O3. The molecule has 4 aliphatic carbocycles. The summed E-state index contributed by atoms with van der Waals surface area (Å²) in [6.07, 6.45) is 8.21. The van der Waals surface area contributed by atoms with Crippen molar-refractivity contribution < 1.29 is 14.4 Å². The number of rotatable bonds is 7. The largest absolute Gasteiger partial charge is 0.352 e. The quantitative estimate of drug-likeness (QED) is 0.648. The number of carbonyl (C=O) groups is 3. The third kappa shape index (κ3) is 4.73. The average Bonchev–Trinajstić information content (AvgIpc) is 2.48. The zero-order chi connectivity index (χ0) is 18.0. The molecule has 4 aliphatic rings. The van der Waals surface area contributed by atoms with Gasteiger partial charge in [0.05, 0.1) is 13.1 Å². The van der Waals surface area contributed by atoms with Crippen molar-refractivity contribution in [2.45, 2.75) is 64.8 Å². The summed E-state index contributed by atoms with van der Waals surface area (Å²) in [5.74, 6) is 1.90. The minimum absolute atomic E-state index is 0.0243. The summed E-state index contributed by atoms with van der Waals surface area (Å²) >= 11 is 0. The van der Waals surface area contributed by atoms with E-state index in [0.717, 1.165) is 17.8 Å². The monoisotopic (exact) mass is 349 g/mol. The van der Waals surface area contributed by atoms with E-state index in [-0.39, 0.29) is 42.3 Å². The predicted octanol–water partition coefficient (Wildman–Crippen LogP) is 1.35. The van der Waals surface area contributed by atoms with Crippen molar-refractivity contribution in [3.8, 4) is 0 Å². The van der Waals surface area contributed by atoms with Crippen LogP contribution in [0.5, 0.6) is 0 Å². The highest BCUT2D eigenvalue weighted by molar-refractivity contribution is 5.88. The maximum Gasteiger partial charge on any atom is 0.239 e. The van der Waals surface area contributed by atoms with Crippen molar-refractivity contribution >= 4 is 17.7 Å². The number of hydrogen-bond donors (Lipinski definition) is 3. The van der Waals surface area contributed by atoms with Gasteiger partial charge in [-0.15, -0.1) is 0 Å². The van der Waals surface area contributed by atoms with Crippen LogP contribution in [0.3, 0.4) is 0 Å². The van der Waals surface area contributed by atoms with Crippen molar-refractivity contribution in [3.05, 3.63) is 0 Å². The lowest BCUT2D eigenvalue weighted by Gasteiger charge is -2.56. The van der Waals surface area contributed by atoms with Crippen LogP contribution in [0, 0.1) is 23.2 Å². The fourth-order valence-electron chi connectivity index (χ4n) is 5.70. The molecular weight excluding hydrogens is 318 g/mol. The van der Waals surface area contributed by atoms with Gasteiger partial charge in [0.15, 0.2) is 0 Å². The van der Waals surface area contributed by atoms with Crippen molar-refractivity contribution in [2.24, 2.45) is 23.2 Å². The number of amides is 3. The Morgan fingerprint density at radius 3 is 1.84 bits per heavy atom. The van der Waals surface area contributed by atoms with Crippen molar-refractivity contribution in [1.29, 1.82) is 0 Å². The molecule has 4 fully saturated rings. The molecule has 4 rings (SSSR count). The molecule has 140 valence electrons. The Bertz CT molecular complexity index is 509. The van der Waals surface area contributed by atoms with E-state index in [0.29, 0.717) is 6.42 Å². The fourth-order valence-corrected chi connectivity index (χ4v) is 5.70. The summed E-state index contributed by atoms with van der Waals surface area (Å²) < 4.78 is 0. The molecule has 0 radical (unpaired) electrons. The van der Waals surface area contributed by atoms with Crippen molar-refractivity contribution in [3.63, 3.8) is 0 Å². The van der Waals surface area contributed by atoms with Crippen LogP contribution in [0.1, 0.15) is 58.8 Å². The first kappa shape index (κ1) is 18.2. The molecule has 0 atom stereocenters. The van der Waals surface area contributed by atoms with Gasteiger partial charge in [0, 0.05) is 12.5 Å². The normalized spacial score (nSPS) is 32.5. The molecule has 4 saturated carbocycles. The first-order valence-corrected chi connectivity index (χ1v) is 9.66. The zero-order valence-electron chi connectivity index (χ0n) is 15.4. The maximum atomic E-state index is 12.3. The Morgan fingerprint density at radius 1 is 0.840 bits per heavy atom. The molecule has 0 aliphatic heterocycles. The zero-order valence-corrected chi connectivity index (χ0v) is 15.4. The second kappa shape index (κ2) is 7.34. The van der Waals surface area contributed by atoms with E-state index in [9.17, 15) is 14.4 Å². The van der Waals surface area contributed by atoms with E-state index in [4.69, 9.17) is 0 Å². The Morgan fingerprint density at radius 2 is 1.32 bits per heavy atom. The Balaban J connectivity index is 1.38. The smallest absolute Gasteiger partial charge is 0.239 e. The summed E-state index contributed by atoms with van der Waals surface area (Å²) in [4.78, 5) is 35.6. The second-order valence-corrected chi connectivity index (χ2v) is 8.87. The van der Waals surface area contributed by atoms with Gasteiger partial charge in [-0.1, -0.05) is 0 Å². The lowest BCUT2D eigenvalue weighted by atomic mass is 9.49. The Labute approximate surface area is 149 Å².